The third-order valence-corrected chi connectivity index (χ3v) is 7.02. The van der Waals surface area contributed by atoms with Gasteiger partial charge in [-0.05, 0) is 69.9 Å². The minimum absolute atomic E-state index is 0.0142. The summed E-state index contributed by atoms with van der Waals surface area (Å²) in [6, 6.07) is 9.94. The third kappa shape index (κ3) is 7.01. The second-order valence-electron chi connectivity index (χ2n) is 11.7. The van der Waals surface area contributed by atoms with Crippen molar-refractivity contribution in [2.75, 3.05) is 14.1 Å². The van der Waals surface area contributed by atoms with Crippen LogP contribution >= 0.6 is 0 Å². The number of alkyl carbamates (subject to hydrolysis) is 1. The Kier molecular flexibility index (Phi) is 8.73. The van der Waals surface area contributed by atoms with Crippen molar-refractivity contribution in [3.63, 3.8) is 0 Å². The van der Waals surface area contributed by atoms with E-state index in [9.17, 15) is 35.9 Å². The predicted molar refractivity (Wildman–Crippen MR) is 143 cm³/mol. The van der Waals surface area contributed by atoms with E-state index in [1.54, 1.807) is 51.1 Å². The van der Waals surface area contributed by atoms with Gasteiger partial charge in [0.2, 0.25) is 5.91 Å². The highest BCUT2D eigenvalue weighted by Crippen LogP contribution is 2.56. The van der Waals surface area contributed by atoms with E-state index in [4.69, 9.17) is 9.47 Å². The average molecular weight is 601 g/mol. The van der Waals surface area contributed by atoms with Gasteiger partial charge in [-0.25, -0.2) is 4.79 Å². The van der Waals surface area contributed by atoms with Gasteiger partial charge < -0.3 is 19.7 Å². The molecule has 1 aliphatic rings. The van der Waals surface area contributed by atoms with Gasteiger partial charge in [0, 0.05) is 14.1 Å². The van der Waals surface area contributed by atoms with Gasteiger partial charge in [-0.3, -0.25) is 4.79 Å². The maximum atomic E-state index is 13.5. The highest BCUT2D eigenvalue weighted by molar-refractivity contribution is 5.92. The second-order valence-corrected chi connectivity index (χ2v) is 11.7. The Hall–Kier alpha value is -3.70. The Bertz CT molecular complexity index is 1290. The lowest BCUT2D eigenvalue weighted by Crippen LogP contribution is -2.71. The number of carbonyl (C=O) groups excluding carboxylic acids is 2. The summed E-state index contributed by atoms with van der Waals surface area (Å²) in [6.07, 6.45) is -12.3. The van der Waals surface area contributed by atoms with E-state index in [0.29, 0.717) is 17.7 Å². The van der Waals surface area contributed by atoms with Crippen LogP contribution in [0.3, 0.4) is 0 Å². The summed E-state index contributed by atoms with van der Waals surface area (Å²) in [4.78, 5) is 27.4. The van der Waals surface area contributed by atoms with Crippen LogP contribution in [0.2, 0.25) is 0 Å². The molecule has 0 bridgehead atoms. The van der Waals surface area contributed by atoms with Crippen molar-refractivity contribution < 1.29 is 45.4 Å². The van der Waals surface area contributed by atoms with Crippen molar-refractivity contribution in [3.05, 3.63) is 83.1 Å². The molecule has 12 heteroatoms. The van der Waals surface area contributed by atoms with Crippen molar-refractivity contribution in [1.82, 2.24) is 10.2 Å². The first-order chi connectivity index (χ1) is 19.1. The summed E-state index contributed by atoms with van der Waals surface area (Å²) in [5.41, 5.74) is -6.07. The number of benzene rings is 2. The van der Waals surface area contributed by atoms with Gasteiger partial charge in [0.25, 0.3) is 0 Å². The summed E-state index contributed by atoms with van der Waals surface area (Å²) < 4.78 is 92.1. The number of hydrogen-bond acceptors (Lipinski definition) is 4. The fourth-order valence-electron chi connectivity index (χ4n) is 5.13. The van der Waals surface area contributed by atoms with Crippen molar-refractivity contribution in [3.8, 4) is 0 Å². The predicted octanol–water partition coefficient (Wildman–Crippen LogP) is 7.40. The number of likely N-dealkylation sites (N-methyl/N-ethyl adjacent to an activating group) is 1. The molecule has 0 radical (unpaired) electrons. The molecule has 0 saturated heterocycles. The molecule has 1 N–H and O–H groups in total. The zero-order valence-electron chi connectivity index (χ0n) is 24.2. The molecule has 3 rings (SSSR count). The van der Waals surface area contributed by atoms with Crippen LogP contribution in [0.4, 0.5) is 31.1 Å². The molecule has 2 amide bonds. The van der Waals surface area contributed by atoms with E-state index in [-0.39, 0.29) is 30.2 Å². The van der Waals surface area contributed by atoms with Gasteiger partial charge in [0.1, 0.15) is 23.0 Å². The van der Waals surface area contributed by atoms with Crippen molar-refractivity contribution in [1.29, 1.82) is 0 Å². The van der Waals surface area contributed by atoms with Gasteiger partial charge in [-0.15, -0.1) is 0 Å². The lowest BCUT2D eigenvalue weighted by molar-refractivity contribution is -0.143. The molecule has 0 unspecified atom stereocenters. The highest BCUT2D eigenvalue weighted by Gasteiger charge is 2.63. The van der Waals surface area contributed by atoms with Gasteiger partial charge in [-0.1, -0.05) is 36.9 Å². The molecule has 230 valence electrons. The number of amides is 2. The second kappa shape index (κ2) is 11.2. The van der Waals surface area contributed by atoms with Crippen LogP contribution in [0.15, 0.2) is 60.9 Å². The molecular formula is C30H34F6N2O4. The van der Waals surface area contributed by atoms with E-state index in [0.717, 1.165) is 0 Å². The van der Waals surface area contributed by atoms with Crippen LogP contribution in [0, 0.1) is 0 Å². The molecule has 0 aromatic heterocycles. The Morgan fingerprint density at radius 2 is 1.43 bits per heavy atom. The molecule has 42 heavy (non-hydrogen) atoms. The zero-order valence-corrected chi connectivity index (χ0v) is 24.2. The lowest BCUT2D eigenvalue weighted by atomic mass is 9.53. The number of hydrogen-bond donors (Lipinski definition) is 1. The van der Waals surface area contributed by atoms with Crippen LogP contribution < -0.4 is 5.32 Å². The van der Waals surface area contributed by atoms with Crippen LogP contribution in [0.25, 0.3) is 0 Å². The molecule has 2 aromatic carbocycles. The SMILES string of the molecule is C=C(O[C@H](C)c1cc(C(F)(F)F)cc(C(F)(F)F)c1)C1(c2ccccc2)CC(NC(=O)OC(C)(C)C)(C(=O)N(C)C)C1. The molecule has 1 saturated carbocycles. The minimum Gasteiger partial charge on any atom is -0.490 e. The topological polar surface area (TPSA) is 67.9 Å². The van der Waals surface area contributed by atoms with Crippen molar-refractivity contribution in [2.45, 2.75) is 75.5 Å². The van der Waals surface area contributed by atoms with Crippen molar-refractivity contribution in [2.24, 2.45) is 0 Å². The quantitative estimate of drug-likeness (QED) is 0.266. The summed E-state index contributed by atoms with van der Waals surface area (Å²) in [5, 5.41) is 2.68. The van der Waals surface area contributed by atoms with Crippen LogP contribution in [-0.2, 0) is 32.0 Å². The van der Waals surface area contributed by atoms with Crippen LogP contribution in [-0.4, -0.2) is 42.1 Å². The first-order valence-corrected chi connectivity index (χ1v) is 13.0. The summed E-state index contributed by atoms with van der Waals surface area (Å²) in [7, 11) is 3.03. The molecular weight excluding hydrogens is 566 g/mol. The molecule has 0 aliphatic heterocycles. The number of rotatable bonds is 7. The normalized spacial score (nSPS) is 21.5. The monoisotopic (exact) mass is 600 g/mol. The minimum atomic E-state index is -5.02. The highest BCUT2D eigenvalue weighted by atomic mass is 19.4. The van der Waals surface area contributed by atoms with Crippen LogP contribution in [0.5, 0.6) is 0 Å². The average Bonchev–Trinajstić information content (AvgIpc) is 2.83. The first kappa shape index (κ1) is 32.8. The number of nitrogens with zero attached hydrogens (tertiary/aromatic N) is 1. The van der Waals surface area contributed by atoms with Crippen molar-refractivity contribution >= 4 is 12.0 Å². The summed E-state index contributed by atoms with van der Waals surface area (Å²) in [5.74, 6) is -0.422. The Balaban J connectivity index is 2.01. The smallest absolute Gasteiger partial charge is 0.416 e. The number of allylic oxidation sites excluding steroid dienone is 1. The third-order valence-electron chi connectivity index (χ3n) is 7.02. The molecule has 1 aliphatic carbocycles. The maximum Gasteiger partial charge on any atom is 0.416 e. The van der Waals surface area contributed by atoms with Gasteiger partial charge in [0.05, 0.1) is 16.5 Å². The van der Waals surface area contributed by atoms with E-state index < -0.39 is 58.1 Å². The lowest BCUT2D eigenvalue weighted by Gasteiger charge is -2.56. The zero-order chi connectivity index (χ0) is 31.9. The summed E-state index contributed by atoms with van der Waals surface area (Å²) in [6.45, 7) is 10.3. The number of halogens is 6. The molecule has 6 nitrogen and oxygen atoms in total. The number of ether oxygens (including phenoxy) is 2. The fourth-order valence-corrected chi connectivity index (χ4v) is 5.13. The van der Waals surface area contributed by atoms with E-state index in [1.807, 2.05) is 0 Å². The first-order valence-electron chi connectivity index (χ1n) is 13.0. The number of alkyl halides is 6. The standard InChI is InChI=1S/C30H34F6N2O4/c1-18(20-13-22(29(31,32)33)15-23(14-20)30(34,35)36)41-19(2)27(21-11-9-8-10-12-21)16-28(17-27,24(39)38(6)7)37-25(40)42-26(3,4)5/h8-15,18H,2,16-17H2,1,3-7H3,(H,37,40)/t18-,27?,28?/m1/s1. The fraction of sp³-hybridized carbons (Fsp3) is 0.467. The van der Waals surface area contributed by atoms with Gasteiger partial charge in [0.15, 0.2) is 0 Å². The van der Waals surface area contributed by atoms with Crippen LogP contribution in [0.1, 0.15) is 68.9 Å². The number of carbonyl (C=O) groups is 2. The van der Waals surface area contributed by atoms with E-state index in [2.05, 4.69) is 11.9 Å². The summed E-state index contributed by atoms with van der Waals surface area (Å²) >= 11 is 0. The Morgan fingerprint density at radius 1 is 0.929 bits per heavy atom. The van der Waals surface area contributed by atoms with Gasteiger partial charge >= 0.3 is 18.4 Å². The Labute approximate surface area is 240 Å². The molecule has 2 aromatic rings. The largest absolute Gasteiger partial charge is 0.490 e. The molecule has 1 atom stereocenters. The molecule has 0 heterocycles. The number of nitrogens with one attached hydrogen (secondary N) is 1. The van der Waals surface area contributed by atoms with E-state index >= 15 is 0 Å². The van der Waals surface area contributed by atoms with E-state index in [1.165, 1.54) is 25.9 Å². The maximum absolute atomic E-state index is 13.5. The Morgan fingerprint density at radius 3 is 1.86 bits per heavy atom. The molecule has 0 spiro atoms. The molecule has 1 fully saturated rings. The van der Waals surface area contributed by atoms with Gasteiger partial charge in [-0.2, -0.15) is 26.3 Å².